The molecule has 0 atom stereocenters. The molecule has 2 rings (SSSR count). The predicted molar refractivity (Wildman–Crippen MR) is 68.3 cm³/mol. The standard InChI is InChI=1S/C11H10ClNS2/c1-7-3-4-9(12)5-10(7)13-11-14-6-8(2)15-11/h3-6H,1-2H3. The molecule has 0 saturated heterocycles. The van der Waals surface area contributed by atoms with Crippen LogP contribution in [0, 0.1) is 13.8 Å². The highest BCUT2D eigenvalue weighted by Gasteiger charge is 1.98. The molecule has 0 bridgehead atoms. The second kappa shape index (κ2) is 4.47. The number of rotatable bonds is 1. The summed E-state index contributed by atoms with van der Waals surface area (Å²) in [7, 11) is 0. The van der Waals surface area contributed by atoms with Crippen LogP contribution in [0.15, 0.2) is 28.6 Å². The molecule has 0 aliphatic carbocycles. The van der Waals surface area contributed by atoms with Crippen LogP contribution in [0.5, 0.6) is 0 Å². The highest BCUT2D eigenvalue weighted by molar-refractivity contribution is 7.26. The summed E-state index contributed by atoms with van der Waals surface area (Å²) in [4.78, 5) is 5.87. The maximum atomic E-state index is 5.94. The molecule has 0 aliphatic rings. The number of hydrogen-bond acceptors (Lipinski definition) is 3. The summed E-state index contributed by atoms with van der Waals surface area (Å²) in [6.45, 7) is 4.13. The minimum atomic E-state index is 0.734. The third-order valence-electron chi connectivity index (χ3n) is 1.96. The maximum Gasteiger partial charge on any atom is 0.171 e. The van der Waals surface area contributed by atoms with Gasteiger partial charge in [0.15, 0.2) is 3.98 Å². The normalized spacial score (nSPS) is 12.1. The number of nitrogens with zero attached hydrogens (tertiary/aromatic N) is 1. The van der Waals surface area contributed by atoms with Gasteiger partial charge in [-0.1, -0.05) is 17.7 Å². The molecule has 0 spiro atoms. The van der Waals surface area contributed by atoms with Crippen LogP contribution >= 0.6 is 34.3 Å². The molecule has 0 aliphatic heterocycles. The zero-order valence-electron chi connectivity index (χ0n) is 8.45. The van der Waals surface area contributed by atoms with Crippen molar-refractivity contribution >= 4 is 40.0 Å². The molecule has 1 aromatic carbocycles. The monoisotopic (exact) mass is 255 g/mol. The lowest BCUT2D eigenvalue weighted by Gasteiger charge is -1.98. The Morgan fingerprint density at radius 3 is 2.73 bits per heavy atom. The second-order valence-corrected chi connectivity index (χ2v) is 6.04. The molecular formula is C11H10ClNS2. The minimum absolute atomic E-state index is 0.734. The van der Waals surface area contributed by atoms with Gasteiger partial charge in [0.1, 0.15) is 0 Å². The number of aryl methyl sites for hydroxylation is 2. The van der Waals surface area contributed by atoms with E-state index >= 15 is 0 Å². The topological polar surface area (TPSA) is 12.4 Å². The van der Waals surface area contributed by atoms with Crippen molar-refractivity contribution < 1.29 is 0 Å². The lowest BCUT2D eigenvalue weighted by molar-refractivity contribution is 1.36. The average Bonchev–Trinajstić information content (AvgIpc) is 2.58. The molecule has 0 fully saturated rings. The molecule has 0 unspecified atom stereocenters. The van der Waals surface area contributed by atoms with Crippen molar-refractivity contribution in [3.05, 3.63) is 43.0 Å². The summed E-state index contributed by atoms with van der Waals surface area (Å²) in [6, 6.07) is 5.78. The fraction of sp³-hybridized carbons (Fsp3) is 0.182. The van der Waals surface area contributed by atoms with Gasteiger partial charge in [-0.05, 0) is 31.5 Å². The van der Waals surface area contributed by atoms with E-state index in [1.54, 1.807) is 22.7 Å². The molecule has 1 nitrogen and oxygen atoms in total. The first-order chi connectivity index (χ1) is 7.15. The summed E-state index contributed by atoms with van der Waals surface area (Å²) < 4.78 is 1.07. The first kappa shape index (κ1) is 10.9. The molecule has 1 heterocycles. The Kier molecular flexibility index (Phi) is 3.24. The van der Waals surface area contributed by atoms with Crippen molar-refractivity contribution in [3.8, 4) is 0 Å². The van der Waals surface area contributed by atoms with Crippen molar-refractivity contribution in [1.82, 2.24) is 0 Å². The van der Waals surface area contributed by atoms with E-state index in [4.69, 9.17) is 11.6 Å². The Labute approximate surface area is 102 Å². The lowest BCUT2D eigenvalue weighted by atomic mass is 10.2. The quantitative estimate of drug-likeness (QED) is 0.720. The van der Waals surface area contributed by atoms with E-state index in [2.05, 4.69) is 17.3 Å². The molecule has 0 N–H and O–H groups in total. The molecule has 2 aromatic rings. The van der Waals surface area contributed by atoms with Gasteiger partial charge in [-0.25, -0.2) is 4.99 Å². The Morgan fingerprint density at radius 2 is 2.07 bits per heavy atom. The summed E-state index contributed by atoms with van der Waals surface area (Å²) in [5, 5.41) is 2.85. The maximum absolute atomic E-state index is 5.94. The number of hydrogen-bond donors (Lipinski definition) is 0. The van der Waals surface area contributed by atoms with Gasteiger partial charge in [-0.3, -0.25) is 0 Å². The van der Waals surface area contributed by atoms with E-state index in [-0.39, 0.29) is 0 Å². The van der Waals surface area contributed by atoms with Gasteiger partial charge in [0, 0.05) is 15.3 Å². The van der Waals surface area contributed by atoms with Gasteiger partial charge in [-0.15, -0.1) is 22.7 Å². The van der Waals surface area contributed by atoms with Gasteiger partial charge in [0.25, 0.3) is 0 Å². The van der Waals surface area contributed by atoms with E-state index in [1.165, 1.54) is 4.88 Å². The van der Waals surface area contributed by atoms with Gasteiger partial charge in [0.05, 0.1) is 5.69 Å². The lowest BCUT2D eigenvalue weighted by Crippen LogP contribution is -1.85. The predicted octanol–water partition coefficient (Wildman–Crippen LogP) is 4.31. The highest BCUT2D eigenvalue weighted by Crippen LogP contribution is 2.23. The molecule has 0 radical (unpaired) electrons. The first-order valence-corrected chi connectivity index (χ1v) is 6.59. The molecule has 4 heteroatoms. The molecule has 78 valence electrons. The Bertz CT molecular complexity index is 540. The zero-order valence-corrected chi connectivity index (χ0v) is 10.8. The van der Waals surface area contributed by atoms with Crippen LogP contribution < -0.4 is 3.98 Å². The van der Waals surface area contributed by atoms with E-state index in [0.717, 1.165) is 20.3 Å². The molecular weight excluding hydrogens is 246 g/mol. The third kappa shape index (κ3) is 2.68. The first-order valence-electron chi connectivity index (χ1n) is 4.51. The third-order valence-corrected chi connectivity index (χ3v) is 4.35. The smallest absolute Gasteiger partial charge is 0.171 e. The largest absolute Gasteiger partial charge is 0.227 e. The van der Waals surface area contributed by atoms with E-state index < -0.39 is 0 Å². The van der Waals surface area contributed by atoms with Gasteiger partial charge in [0.2, 0.25) is 0 Å². The van der Waals surface area contributed by atoms with Crippen molar-refractivity contribution in [1.29, 1.82) is 0 Å². The van der Waals surface area contributed by atoms with Crippen LogP contribution in [-0.2, 0) is 0 Å². The fourth-order valence-corrected chi connectivity index (χ4v) is 3.24. The average molecular weight is 256 g/mol. The van der Waals surface area contributed by atoms with Crippen LogP contribution in [0.1, 0.15) is 10.4 Å². The Hall–Kier alpha value is -0.640. The number of benzene rings is 1. The highest BCUT2D eigenvalue weighted by atomic mass is 35.5. The van der Waals surface area contributed by atoms with E-state index in [1.807, 2.05) is 25.1 Å². The van der Waals surface area contributed by atoms with Crippen LogP contribution in [0.25, 0.3) is 0 Å². The zero-order chi connectivity index (χ0) is 10.8. The van der Waals surface area contributed by atoms with Crippen LogP contribution in [-0.4, -0.2) is 0 Å². The van der Waals surface area contributed by atoms with Gasteiger partial charge in [-0.2, -0.15) is 0 Å². The van der Waals surface area contributed by atoms with E-state index in [9.17, 15) is 0 Å². The van der Waals surface area contributed by atoms with Crippen molar-refractivity contribution in [2.24, 2.45) is 4.99 Å². The summed E-state index contributed by atoms with van der Waals surface area (Å²) >= 11 is 9.31. The van der Waals surface area contributed by atoms with Gasteiger partial charge >= 0.3 is 0 Å². The van der Waals surface area contributed by atoms with Crippen molar-refractivity contribution in [2.75, 3.05) is 0 Å². The molecule has 1 aromatic heterocycles. The second-order valence-electron chi connectivity index (χ2n) is 3.26. The van der Waals surface area contributed by atoms with Crippen LogP contribution in [0.3, 0.4) is 0 Å². The molecule has 15 heavy (non-hydrogen) atoms. The van der Waals surface area contributed by atoms with Crippen molar-refractivity contribution in [3.63, 3.8) is 0 Å². The summed E-state index contributed by atoms with van der Waals surface area (Å²) in [5.74, 6) is 0. The van der Waals surface area contributed by atoms with Crippen LogP contribution in [0.4, 0.5) is 5.69 Å². The summed E-state index contributed by atoms with van der Waals surface area (Å²) in [5.41, 5.74) is 2.11. The number of halogens is 1. The Morgan fingerprint density at radius 1 is 1.27 bits per heavy atom. The van der Waals surface area contributed by atoms with Crippen LogP contribution in [0.2, 0.25) is 5.02 Å². The Balaban J connectivity index is 2.51. The fourth-order valence-electron chi connectivity index (χ4n) is 1.17. The SMILES string of the molecule is Cc1csc(=Nc2cc(Cl)ccc2C)s1. The molecule has 0 saturated carbocycles. The minimum Gasteiger partial charge on any atom is -0.227 e. The summed E-state index contributed by atoms with van der Waals surface area (Å²) in [6.07, 6.45) is 0. The van der Waals surface area contributed by atoms with Crippen molar-refractivity contribution in [2.45, 2.75) is 13.8 Å². The van der Waals surface area contributed by atoms with E-state index in [0.29, 0.717) is 0 Å². The molecule has 0 amide bonds. The van der Waals surface area contributed by atoms with Gasteiger partial charge < -0.3 is 0 Å².